The second-order valence-electron chi connectivity index (χ2n) is 5.47. The summed E-state index contributed by atoms with van der Waals surface area (Å²) in [6.45, 7) is 2.67. The first-order valence-electron chi connectivity index (χ1n) is 7.88. The molecule has 1 amide bonds. The molecule has 0 radical (unpaired) electrons. The second kappa shape index (κ2) is 7.74. The molecule has 1 fully saturated rings. The zero-order valence-electron chi connectivity index (χ0n) is 14.0. The third-order valence-corrected chi connectivity index (χ3v) is 3.86. The summed E-state index contributed by atoms with van der Waals surface area (Å²) in [7, 11) is 1.41. The van der Waals surface area contributed by atoms with E-state index >= 15 is 0 Å². The molecule has 1 aromatic heterocycles. The Labute approximate surface area is 148 Å². The van der Waals surface area contributed by atoms with Crippen molar-refractivity contribution in [3.63, 3.8) is 0 Å². The fourth-order valence-corrected chi connectivity index (χ4v) is 2.50. The van der Waals surface area contributed by atoms with Gasteiger partial charge in [0.2, 0.25) is 0 Å². The molecule has 0 bridgehead atoms. The van der Waals surface area contributed by atoms with Gasteiger partial charge in [-0.15, -0.1) is 10.2 Å². The van der Waals surface area contributed by atoms with Crippen LogP contribution in [-0.2, 0) is 4.74 Å². The fourth-order valence-electron chi connectivity index (χ4n) is 2.50. The predicted molar refractivity (Wildman–Crippen MR) is 92.7 cm³/mol. The number of anilines is 2. The van der Waals surface area contributed by atoms with Crippen LogP contribution in [0.25, 0.3) is 0 Å². The number of non-ortho nitro benzene ring substituents is 1. The summed E-state index contributed by atoms with van der Waals surface area (Å²) in [5.74, 6) is 0.435. The molecule has 26 heavy (non-hydrogen) atoms. The summed E-state index contributed by atoms with van der Waals surface area (Å²) in [4.78, 5) is 24.8. The van der Waals surface area contributed by atoms with Crippen LogP contribution in [0.4, 0.5) is 17.2 Å². The first-order valence-corrected chi connectivity index (χ1v) is 7.88. The molecule has 0 spiro atoms. The number of morpholine rings is 1. The summed E-state index contributed by atoms with van der Waals surface area (Å²) in [6.07, 6.45) is 0. The third-order valence-electron chi connectivity index (χ3n) is 3.86. The number of ether oxygens (including phenoxy) is 2. The number of nitrogens with zero attached hydrogens (tertiary/aromatic N) is 4. The van der Waals surface area contributed by atoms with Gasteiger partial charge in [-0.25, -0.2) is 0 Å². The maximum atomic E-state index is 12.4. The van der Waals surface area contributed by atoms with Crippen LogP contribution in [0.2, 0.25) is 0 Å². The van der Waals surface area contributed by atoms with Gasteiger partial charge in [-0.05, 0) is 18.2 Å². The third kappa shape index (κ3) is 3.86. The van der Waals surface area contributed by atoms with E-state index in [1.54, 1.807) is 12.1 Å². The number of rotatable bonds is 5. The quantitative estimate of drug-likeness (QED) is 0.630. The molecule has 2 heterocycles. The molecule has 10 nitrogen and oxygen atoms in total. The van der Waals surface area contributed by atoms with Crippen LogP contribution in [0.1, 0.15) is 10.5 Å². The molecule has 1 saturated heterocycles. The van der Waals surface area contributed by atoms with Gasteiger partial charge in [-0.2, -0.15) is 0 Å². The number of nitrogens with one attached hydrogen (secondary N) is 1. The number of hydrogen-bond acceptors (Lipinski definition) is 8. The van der Waals surface area contributed by atoms with E-state index < -0.39 is 10.8 Å². The highest BCUT2D eigenvalue weighted by Gasteiger charge is 2.17. The highest BCUT2D eigenvalue weighted by Crippen LogP contribution is 2.29. The molecule has 3 rings (SSSR count). The molecule has 0 unspecified atom stereocenters. The van der Waals surface area contributed by atoms with E-state index in [1.165, 1.54) is 25.3 Å². The van der Waals surface area contributed by atoms with Crippen molar-refractivity contribution in [3.05, 3.63) is 46.1 Å². The zero-order valence-corrected chi connectivity index (χ0v) is 14.0. The Kier molecular flexibility index (Phi) is 5.23. The maximum absolute atomic E-state index is 12.4. The Hall–Kier alpha value is -3.27. The van der Waals surface area contributed by atoms with Crippen LogP contribution in [0.15, 0.2) is 30.3 Å². The lowest BCUT2D eigenvalue weighted by Crippen LogP contribution is -2.37. The number of hydrogen-bond donors (Lipinski definition) is 1. The van der Waals surface area contributed by atoms with Gasteiger partial charge in [-0.1, -0.05) is 0 Å². The van der Waals surface area contributed by atoms with Gasteiger partial charge in [0.15, 0.2) is 11.5 Å². The maximum Gasteiger partial charge on any atom is 0.276 e. The van der Waals surface area contributed by atoms with Crippen LogP contribution >= 0.6 is 0 Å². The standard InChI is InChI=1S/C16H17N5O5/c1-25-14-4-2-11(21(23)24)10-13(14)17-16(22)12-3-5-15(19-18-12)20-6-8-26-9-7-20/h2-5,10H,6-9H2,1H3,(H,17,22). The van der Waals surface area contributed by atoms with Crippen molar-refractivity contribution in [1.29, 1.82) is 0 Å². The van der Waals surface area contributed by atoms with Crippen molar-refractivity contribution in [2.75, 3.05) is 43.6 Å². The van der Waals surface area contributed by atoms with E-state index in [-0.39, 0.29) is 17.1 Å². The Balaban J connectivity index is 1.75. The summed E-state index contributed by atoms with van der Waals surface area (Å²) in [5, 5.41) is 21.5. The van der Waals surface area contributed by atoms with Crippen molar-refractivity contribution in [1.82, 2.24) is 10.2 Å². The fraction of sp³-hybridized carbons (Fsp3) is 0.312. The molecule has 0 aliphatic carbocycles. The van der Waals surface area contributed by atoms with E-state index in [9.17, 15) is 14.9 Å². The Morgan fingerprint density at radius 3 is 2.65 bits per heavy atom. The minimum absolute atomic E-state index is 0.0931. The molecule has 2 aromatic rings. The SMILES string of the molecule is COc1ccc([N+](=O)[O-])cc1NC(=O)c1ccc(N2CCOCC2)nn1. The molecule has 10 heteroatoms. The van der Waals surface area contributed by atoms with Gasteiger partial charge in [0, 0.05) is 25.2 Å². The molecule has 0 saturated carbocycles. The van der Waals surface area contributed by atoms with Gasteiger partial charge in [0.1, 0.15) is 5.75 Å². The number of amides is 1. The van der Waals surface area contributed by atoms with Gasteiger partial charge in [-0.3, -0.25) is 14.9 Å². The lowest BCUT2D eigenvalue weighted by molar-refractivity contribution is -0.384. The molecule has 1 aliphatic heterocycles. The summed E-state index contributed by atoms with van der Waals surface area (Å²) in [5.41, 5.74) is 0.121. The minimum Gasteiger partial charge on any atom is -0.495 e. The molecular weight excluding hydrogens is 342 g/mol. The number of carbonyl (C=O) groups excluding carboxylic acids is 1. The number of nitro groups is 1. The van der Waals surface area contributed by atoms with Crippen molar-refractivity contribution in [2.24, 2.45) is 0 Å². The smallest absolute Gasteiger partial charge is 0.276 e. The minimum atomic E-state index is -0.550. The van der Waals surface area contributed by atoms with Gasteiger partial charge >= 0.3 is 0 Å². The molecule has 136 valence electrons. The monoisotopic (exact) mass is 359 g/mol. The first kappa shape index (κ1) is 17.5. The Morgan fingerprint density at radius 2 is 2.04 bits per heavy atom. The van der Waals surface area contributed by atoms with Crippen molar-refractivity contribution in [2.45, 2.75) is 0 Å². The predicted octanol–water partition coefficient (Wildman–Crippen LogP) is 1.48. The first-order chi connectivity index (χ1) is 12.6. The van der Waals surface area contributed by atoms with Crippen LogP contribution in [0, 0.1) is 10.1 Å². The van der Waals surface area contributed by atoms with E-state index in [0.29, 0.717) is 37.9 Å². The van der Waals surface area contributed by atoms with E-state index in [1.807, 2.05) is 4.90 Å². The van der Waals surface area contributed by atoms with Crippen molar-refractivity contribution >= 4 is 23.1 Å². The van der Waals surface area contributed by atoms with Crippen LogP contribution in [0.5, 0.6) is 5.75 Å². The molecule has 1 aromatic carbocycles. The van der Waals surface area contributed by atoms with Crippen molar-refractivity contribution in [3.8, 4) is 5.75 Å². The number of benzene rings is 1. The summed E-state index contributed by atoms with van der Waals surface area (Å²) >= 11 is 0. The largest absolute Gasteiger partial charge is 0.495 e. The number of methoxy groups -OCH3 is 1. The average Bonchev–Trinajstić information content (AvgIpc) is 2.68. The highest BCUT2D eigenvalue weighted by atomic mass is 16.6. The number of aromatic nitrogens is 2. The van der Waals surface area contributed by atoms with Crippen LogP contribution < -0.4 is 15.0 Å². The number of nitro benzene ring substituents is 1. The Morgan fingerprint density at radius 1 is 1.27 bits per heavy atom. The van der Waals surface area contributed by atoms with Gasteiger partial charge < -0.3 is 19.7 Å². The molecule has 1 N–H and O–H groups in total. The lowest BCUT2D eigenvalue weighted by Gasteiger charge is -2.27. The molecule has 1 aliphatic rings. The second-order valence-corrected chi connectivity index (χ2v) is 5.47. The number of carbonyl (C=O) groups is 1. The highest BCUT2D eigenvalue weighted by molar-refractivity contribution is 6.03. The Bertz CT molecular complexity index is 805. The van der Waals surface area contributed by atoms with E-state index in [4.69, 9.17) is 9.47 Å². The lowest BCUT2D eigenvalue weighted by atomic mass is 10.2. The van der Waals surface area contributed by atoms with E-state index in [2.05, 4.69) is 15.5 Å². The van der Waals surface area contributed by atoms with Crippen LogP contribution in [0.3, 0.4) is 0 Å². The van der Waals surface area contributed by atoms with E-state index in [0.717, 1.165) is 0 Å². The van der Waals surface area contributed by atoms with Gasteiger partial charge in [0.25, 0.3) is 11.6 Å². The molecular formula is C16H17N5O5. The molecule has 0 atom stereocenters. The normalized spacial score (nSPS) is 14.0. The zero-order chi connectivity index (χ0) is 18.5. The average molecular weight is 359 g/mol. The van der Waals surface area contributed by atoms with Crippen molar-refractivity contribution < 1.29 is 19.2 Å². The van der Waals surface area contributed by atoms with Crippen LogP contribution in [-0.4, -0.2) is 54.4 Å². The van der Waals surface area contributed by atoms with Gasteiger partial charge in [0.05, 0.1) is 30.9 Å². The topological polar surface area (TPSA) is 120 Å². The summed E-state index contributed by atoms with van der Waals surface area (Å²) < 4.78 is 10.4. The summed E-state index contributed by atoms with van der Waals surface area (Å²) in [6, 6.07) is 7.20.